The van der Waals surface area contributed by atoms with Crippen molar-refractivity contribution in [3.8, 4) is 0 Å². The number of aliphatic hydroxyl groups is 1. The standard InChI is InChI=1S/C12H22N2O5/c1-14(5-7-19-8-9-2-3-9)12(18)13-10(4-6-15)11(16)17/h9-10,15H,2-8H2,1H3,(H,13,18)(H,16,17). The van der Waals surface area contributed by atoms with Crippen molar-refractivity contribution in [3.63, 3.8) is 0 Å². The minimum Gasteiger partial charge on any atom is -0.480 e. The highest BCUT2D eigenvalue weighted by Crippen LogP contribution is 2.28. The molecule has 1 aliphatic rings. The number of hydrogen-bond donors (Lipinski definition) is 3. The third-order valence-corrected chi connectivity index (χ3v) is 2.98. The molecule has 110 valence electrons. The number of carboxylic acid groups (broad SMARTS) is 1. The number of amides is 2. The SMILES string of the molecule is CN(CCOCC1CC1)C(=O)NC(CCO)C(=O)O. The van der Waals surface area contributed by atoms with E-state index in [-0.39, 0.29) is 13.0 Å². The van der Waals surface area contributed by atoms with Gasteiger partial charge in [0, 0.05) is 33.2 Å². The predicted molar refractivity (Wildman–Crippen MR) is 67.8 cm³/mol. The Kier molecular flexibility index (Phi) is 6.58. The molecule has 2 amide bonds. The van der Waals surface area contributed by atoms with Crippen molar-refractivity contribution in [2.24, 2.45) is 5.92 Å². The van der Waals surface area contributed by atoms with Gasteiger partial charge in [0.2, 0.25) is 0 Å². The molecule has 1 unspecified atom stereocenters. The molecule has 1 atom stereocenters. The molecule has 1 saturated carbocycles. The van der Waals surface area contributed by atoms with Crippen molar-refractivity contribution in [2.75, 3.05) is 33.4 Å². The second kappa shape index (κ2) is 7.96. The quantitative estimate of drug-likeness (QED) is 0.509. The lowest BCUT2D eigenvalue weighted by molar-refractivity contribution is -0.139. The largest absolute Gasteiger partial charge is 0.480 e. The van der Waals surface area contributed by atoms with Crippen LogP contribution in [0.1, 0.15) is 19.3 Å². The highest BCUT2D eigenvalue weighted by atomic mass is 16.5. The fourth-order valence-corrected chi connectivity index (χ4v) is 1.48. The molecule has 0 aliphatic heterocycles. The molecule has 0 aromatic heterocycles. The normalized spacial score (nSPS) is 15.9. The number of nitrogens with one attached hydrogen (secondary N) is 1. The van der Waals surface area contributed by atoms with E-state index in [1.54, 1.807) is 7.05 Å². The Morgan fingerprint density at radius 3 is 2.68 bits per heavy atom. The molecular weight excluding hydrogens is 252 g/mol. The zero-order valence-corrected chi connectivity index (χ0v) is 11.2. The second-order valence-electron chi connectivity index (χ2n) is 4.79. The Hall–Kier alpha value is -1.34. The fraction of sp³-hybridized carbons (Fsp3) is 0.833. The first-order valence-electron chi connectivity index (χ1n) is 6.47. The van der Waals surface area contributed by atoms with Gasteiger partial charge < -0.3 is 25.2 Å². The molecule has 0 spiro atoms. The van der Waals surface area contributed by atoms with Gasteiger partial charge in [-0.05, 0) is 18.8 Å². The minimum atomic E-state index is -1.15. The van der Waals surface area contributed by atoms with E-state index in [0.717, 1.165) is 6.61 Å². The van der Waals surface area contributed by atoms with Crippen LogP contribution in [-0.4, -0.2) is 66.6 Å². The number of carbonyl (C=O) groups is 2. The van der Waals surface area contributed by atoms with Gasteiger partial charge in [0.1, 0.15) is 6.04 Å². The molecule has 0 bridgehead atoms. The van der Waals surface area contributed by atoms with Gasteiger partial charge in [-0.25, -0.2) is 9.59 Å². The Morgan fingerprint density at radius 1 is 1.47 bits per heavy atom. The summed E-state index contributed by atoms with van der Waals surface area (Å²) in [5.74, 6) is -0.471. The lowest BCUT2D eigenvalue weighted by atomic mass is 10.2. The molecule has 0 heterocycles. The minimum absolute atomic E-state index is 0.00685. The van der Waals surface area contributed by atoms with E-state index in [1.807, 2.05) is 0 Å². The van der Waals surface area contributed by atoms with E-state index in [0.29, 0.717) is 19.1 Å². The Labute approximate surface area is 112 Å². The zero-order valence-electron chi connectivity index (χ0n) is 11.2. The van der Waals surface area contributed by atoms with Crippen molar-refractivity contribution in [1.82, 2.24) is 10.2 Å². The topological polar surface area (TPSA) is 99.1 Å². The summed E-state index contributed by atoms with van der Waals surface area (Å²) >= 11 is 0. The first-order chi connectivity index (χ1) is 9.04. The summed E-state index contributed by atoms with van der Waals surface area (Å²) in [6, 6.07) is -1.54. The maximum absolute atomic E-state index is 11.7. The van der Waals surface area contributed by atoms with Crippen molar-refractivity contribution >= 4 is 12.0 Å². The summed E-state index contributed by atoms with van der Waals surface area (Å²) in [4.78, 5) is 23.9. The average Bonchev–Trinajstić information content (AvgIpc) is 3.17. The number of likely N-dealkylation sites (N-methyl/N-ethyl adjacent to an activating group) is 1. The molecule has 7 heteroatoms. The number of urea groups is 1. The molecule has 1 fully saturated rings. The highest BCUT2D eigenvalue weighted by Gasteiger charge is 2.22. The Balaban J connectivity index is 2.19. The van der Waals surface area contributed by atoms with Crippen molar-refractivity contribution < 1.29 is 24.5 Å². The Morgan fingerprint density at radius 2 is 2.16 bits per heavy atom. The molecular formula is C12H22N2O5. The van der Waals surface area contributed by atoms with Gasteiger partial charge in [0.05, 0.1) is 6.61 Å². The molecule has 0 radical (unpaired) electrons. The van der Waals surface area contributed by atoms with Crippen LogP contribution in [-0.2, 0) is 9.53 Å². The van der Waals surface area contributed by atoms with Crippen LogP contribution in [0.15, 0.2) is 0 Å². The molecule has 1 rings (SSSR count). The third-order valence-electron chi connectivity index (χ3n) is 2.98. The maximum Gasteiger partial charge on any atom is 0.326 e. The van der Waals surface area contributed by atoms with Crippen molar-refractivity contribution in [3.05, 3.63) is 0 Å². The molecule has 19 heavy (non-hydrogen) atoms. The number of nitrogens with zero attached hydrogens (tertiary/aromatic N) is 1. The number of rotatable bonds is 9. The summed E-state index contributed by atoms with van der Waals surface area (Å²) < 4.78 is 5.40. The van der Waals surface area contributed by atoms with E-state index in [2.05, 4.69) is 5.32 Å². The smallest absolute Gasteiger partial charge is 0.326 e. The van der Waals surface area contributed by atoms with Crippen LogP contribution in [0.3, 0.4) is 0 Å². The van der Waals surface area contributed by atoms with Crippen LogP contribution in [0, 0.1) is 5.92 Å². The summed E-state index contributed by atoms with van der Waals surface area (Å²) in [7, 11) is 1.58. The van der Waals surface area contributed by atoms with Crippen LogP contribution < -0.4 is 5.32 Å². The molecule has 0 aromatic rings. The van der Waals surface area contributed by atoms with Gasteiger partial charge in [-0.1, -0.05) is 0 Å². The Bertz CT molecular complexity index is 306. The maximum atomic E-state index is 11.7. The fourth-order valence-electron chi connectivity index (χ4n) is 1.48. The van der Waals surface area contributed by atoms with Gasteiger partial charge in [0.15, 0.2) is 0 Å². The number of carbonyl (C=O) groups excluding carboxylic acids is 1. The van der Waals surface area contributed by atoms with Crippen molar-refractivity contribution in [1.29, 1.82) is 0 Å². The summed E-state index contributed by atoms with van der Waals surface area (Å²) in [6.45, 7) is 1.30. The monoisotopic (exact) mass is 274 g/mol. The van der Waals surface area contributed by atoms with Crippen LogP contribution in [0.2, 0.25) is 0 Å². The first kappa shape index (κ1) is 15.7. The van der Waals surface area contributed by atoms with Crippen LogP contribution in [0.5, 0.6) is 0 Å². The summed E-state index contributed by atoms with van der Waals surface area (Å²) in [5.41, 5.74) is 0. The van der Waals surface area contributed by atoms with Gasteiger partial charge in [-0.15, -0.1) is 0 Å². The molecule has 0 aromatic carbocycles. The molecule has 0 saturated heterocycles. The van der Waals surface area contributed by atoms with E-state index >= 15 is 0 Å². The number of ether oxygens (including phenoxy) is 1. The number of hydrogen-bond acceptors (Lipinski definition) is 4. The van der Waals surface area contributed by atoms with Crippen LogP contribution in [0.4, 0.5) is 4.79 Å². The lowest BCUT2D eigenvalue weighted by Crippen LogP contribution is -2.47. The highest BCUT2D eigenvalue weighted by molar-refractivity contribution is 5.82. The van der Waals surface area contributed by atoms with Crippen molar-refractivity contribution in [2.45, 2.75) is 25.3 Å². The van der Waals surface area contributed by atoms with E-state index < -0.39 is 18.0 Å². The summed E-state index contributed by atoms with van der Waals surface area (Å²) in [5, 5.41) is 19.9. The number of carboxylic acids is 1. The average molecular weight is 274 g/mol. The van der Waals surface area contributed by atoms with E-state index in [4.69, 9.17) is 14.9 Å². The molecule has 1 aliphatic carbocycles. The molecule has 3 N–H and O–H groups in total. The van der Waals surface area contributed by atoms with Crippen LogP contribution >= 0.6 is 0 Å². The first-order valence-corrected chi connectivity index (χ1v) is 6.47. The third kappa shape index (κ3) is 6.40. The van der Waals surface area contributed by atoms with Gasteiger partial charge in [-0.3, -0.25) is 0 Å². The van der Waals surface area contributed by atoms with Crippen LogP contribution in [0.25, 0.3) is 0 Å². The zero-order chi connectivity index (χ0) is 14.3. The van der Waals surface area contributed by atoms with Gasteiger partial charge >= 0.3 is 12.0 Å². The van der Waals surface area contributed by atoms with Gasteiger partial charge in [0.25, 0.3) is 0 Å². The second-order valence-corrected chi connectivity index (χ2v) is 4.79. The number of aliphatic carboxylic acids is 1. The summed E-state index contributed by atoms with van der Waals surface area (Å²) in [6.07, 6.45) is 2.43. The lowest BCUT2D eigenvalue weighted by Gasteiger charge is -2.21. The van der Waals surface area contributed by atoms with Gasteiger partial charge in [-0.2, -0.15) is 0 Å². The van der Waals surface area contributed by atoms with E-state index in [9.17, 15) is 9.59 Å². The number of aliphatic hydroxyl groups excluding tert-OH is 1. The predicted octanol–water partition coefficient (Wildman–Crippen LogP) is -0.110. The molecule has 7 nitrogen and oxygen atoms in total. The van der Waals surface area contributed by atoms with E-state index in [1.165, 1.54) is 17.7 Å².